The molecule has 2 aromatic heterocycles. The Labute approximate surface area is 131 Å². The summed E-state index contributed by atoms with van der Waals surface area (Å²) in [4.78, 5) is 21.0. The van der Waals surface area contributed by atoms with Gasteiger partial charge in [-0.15, -0.1) is 0 Å². The van der Waals surface area contributed by atoms with Gasteiger partial charge in [-0.25, -0.2) is 14.2 Å². The van der Waals surface area contributed by atoms with E-state index in [1.54, 1.807) is 20.0 Å². The molecule has 2 heterocycles. The second kappa shape index (κ2) is 5.71. The lowest BCUT2D eigenvalue weighted by atomic mass is 10.2. The first-order chi connectivity index (χ1) is 11.0. The molecule has 0 saturated heterocycles. The van der Waals surface area contributed by atoms with Crippen molar-refractivity contribution in [2.75, 3.05) is 18.9 Å². The fraction of sp³-hybridized carbons (Fsp3) is 0.267. The molecule has 0 fully saturated rings. The Bertz CT molecular complexity index is 829. The number of amides is 2. The molecule has 7 nitrogen and oxygen atoms in total. The molecule has 3 aromatic rings. The highest BCUT2D eigenvalue weighted by Gasteiger charge is 2.16. The number of H-pyrrole nitrogens is 2. The van der Waals surface area contributed by atoms with Crippen molar-refractivity contribution in [1.29, 1.82) is 0 Å². The van der Waals surface area contributed by atoms with Crippen molar-refractivity contribution in [2.24, 2.45) is 0 Å². The molecule has 0 saturated carbocycles. The maximum absolute atomic E-state index is 13.6. The second-order valence-corrected chi connectivity index (χ2v) is 5.31. The third-order valence-corrected chi connectivity index (χ3v) is 3.70. The zero-order valence-electron chi connectivity index (χ0n) is 13.1. The first-order valence-electron chi connectivity index (χ1n) is 7.21. The molecule has 0 unspecified atom stereocenters. The largest absolute Gasteiger partial charge is 0.337 e. The van der Waals surface area contributed by atoms with Gasteiger partial charge in [0.1, 0.15) is 11.5 Å². The number of aromatic amines is 2. The van der Waals surface area contributed by atoms with E-state index in [9.17, 15) is 9.18 Å². The van der Waals surface area contributed by atoms with Gasteiger partial charge in [0.25, 0.3) is 0 Å². The third kappa shape index (κ3) is 2.75. The van der Waals surface area contributed by atoms with E-state index in [0.717, 1.165) is 5.52 Å². The lowest BCUT2D eigenvalue weighted by Crippen LogP contribution is -2.30. The van der Waals surface area contributed by atoms with Crippen LogP contribution in [0.2, 0.25) is 0 Å². The van der Waals surface area contributed by atoms with Gasteiger partial charge in [-0.2, -0.15) is 5.10 Å². The Kier molecular flexibility index (Phi) is 3.73. The number of nitrogens with zero attached hydrogens (tertiary/aromatic N) is 3. The molecule has 23 heavy (non-hydrogen) atoms. The van der Waals surface area contributed by atoms with E-state index in [4.69, 9.17) is 0 Å². The monoisotopic (exact) mass is 316 g/mol. The van der Waals surface area contributed by atoms with Crippen molar-refractivity contribution in [1.82, 2.24) is 25.1 Å². The molecule has 0 spiro atoms. The van der Waals surface area contributed by atoms with Gasteiger partial charge in [0.2, 0.25) is 0 Å². The number of anilines is 1. The van der Waals surface area contributed by atoms with Crippen LogP contribution in [0.25, 0.3) is 22.6 Å². The summed E-state index contributed by atoms with van der Waals surface area (Å²) in [5.74, 6) is 0.176. The quantitative estimate of drug-likeness (QED) is 0.694. The minimum atomic E-state index is -0.307. The molecule has 3 N–H and O–H groups in total. The molecule has 0 aliphatic carbocycles. The number of carbonyl (C=O) groups is 1. The molecule has 120 valence electrons. The molecular weight excluding hydrogens is 299 g/mol. The SMILES string of the molecule is CCN(C)C(=O)Nc1cn[nH]c1-c1nc2cc(F)c(C)cc2[nH]1. The molecule has 0 atom stereocenters. The van der Waals surface area contributed by atoms with E-state index in [1.807, 2.05) is 6.92 Å². The van der Waals surface area contributed by atoms with Crippen LogP contribution in [0.15, 0.2) is 18.3 Å². The minimum absolute atomic E-state index is 0.242. The summed E-state index contributed by atoms with van der Waals surface area (Å²) in [6.07, 6.45) is 1.51. The summed E-state index contributed by atoms with van der Waals surface area (Å²) in [7, 11) is 1.70. The van der Waals surface area contributed by atoms with E-state index < -0.39 is 0 Å². The summed E-state index contributed by atoms with van der Waals surface area (Å²) in [6, 6.07) is 2.83. The van der Waals surface area contributed by atoms with Crippen LogP contribution in [-0.2, 0) is 0 Å². The highest BCUT2D eigenvalue weighted by molar-refractivity contribution is 5.93. The number of aryl methyl sites for hydroxylation is 1. The molecule has 0 aliphatic heterocycles. The molecule has 0 aliphatic rings. The van der Waals surface area contributed by atoms with Crippen molar-refractivity contribution >= 4 is 22.8 Å². The van der Waals surface area contributed by atoms with Gasteiger partial charge >= 0.3 is 6.03 Å². The average molecular weight is 316 g/mol. The van der Waals surface area contributed by atoms with Crippen molar-refractivity contribution in [3.63, 3.8) is 0 Å². The number of hydrogen-bond donors (Lipinski definition) is 3. The van der Waals surface area contributed by atoms with Crippen molar-refractivity contribution in [3.05, 3.63) is 29.7 Å². The van der Waals surface area contributed by atoms with Crippen LogP contribution in [0.1, 0.15) is 12.5 Å². The second-order valence-electron chi connectivity index (χ2n) is 5.31. The lowest BCUT2D eigenvalue weighted by molar-refractivity contribution is 0.224. The van der Waals surface area contributed by atoms with Gasteiger partial charge in [0.05, 0.1) is 22.9 Å². The van der Waals surface area contributed by atoms with Crippen molar-refractivity contribution in [2.45, 2.75) is 13.8 Å². The summed E-state index contributed by atoms with van der Waals surface area (Å²) < 4.78 is 13.6. The molecule has 8 heteroatoms. The van der Waals surface area contributed by atoms with Crippen LogP contribution in [0.4, 0.5) is 14.9 Å². The Morgan fingerprint density at radius 1 is 1.43 bits per heavy atom. The minimum Gasteiger partial charge on any atom is -0.337 e. The average Bonchev–Trinajstić information content (AvgIpc) is 3.13. The van der Waals surface area contributed by atoms with Gasteiger partial charge in [0.15, 0.2) is 5.82 Å². The number of imidazole rings is 1. The maximum Gasteiger partial charge on any atom is 0.321 e. The van der Waals surface area contributed by atoms with Crippen LogP contribution in [0.5, 0.6) is 0 Å². The lowest BCUT2D eigenvalue weighted by Gasteiger charge is -2.14. The van der Waals surface area contributed by atoms with E-state index >= 15 is 0 Å². The van der Waals surface area contributed by atoms with Gasteiger partial charge < -0.3 is 15.2 Å². The number of urea groups is 1. The number of halogens is 1. The number of carbonyl (C=O) groups excluding carboxylic acids is 1. The predicted octanol–water partition coefficient (Wildman–Crippen LogP) is 2.88. The summed E-state index contributed by atoms with van der Waals surface area (Å²) in [5.41, 5.74) is 2.82. The summed E-state index contributed by atoms with van der Waals surface area (Å²) in [6.45, 7) is 4.16. The first-order valence-corrected chi connectivity index (χ1v) is 7.21. The van der Waals surface area contributed by atoms with Crippen LogP contribution >= 0.6 is 0 Å². The molecule has 1 aromatic carbocycles. The van der Waals surface area contributed by atoms with E-state index in [1.165, 1.54) is 17.2 Å². The standard InChI is InChI=1S/C15H17FN6O/c1-4-22(3)15(23)20-12-7-17-21-13(12)14-18-10-5-8(2)9(16)6-11(10)19-14/h5-7H,4H2,1-3H3,(H,17,21)(H,18,19)(H,20,23). The van der Waals surface area contributed by atoms with E-state index in [0.29, 0.717) is 34.8 Å². The highest BCUT2D eigenvalue weighted by atomic mass is 19.1. The topological polar surface area (TPSA) is 89.7 Å². The molecule has 0 radical (unpaired) electrons. The predicted molar refractivity (Wildman–Crippen MR) is 85.7 cm³/mol. The number of benzene rings is 1. The highest BCUT2D eigenvalue weighted by Crippen LogP contribution is 2.26. The summed E-state index contributed by atoms with van der Waals surface area (Å²) in [5, 5.41) is 9.52. The van der Waals surface area contributed by atoms with Gasteiger partial charge in [0, 0.05) is 19.7 Å². The van der Waals surface area contributed by atoms with Crippen molar-refractivity contribution in [3.8, 4) is 11.5 Å². The number of rotatable bonds is 3. The Hall–Kier alpha value is -2.90. The fourth-order valence-electron chi connectivity index (χ4n) is 2.17. The van der Waals surface area contributed by atoms with Crippen LogP contribution in [0, 0.1) is 12.7 Å². The Morgan fingerprint density at radius 2 is 2.22 bits per heavy atom. The van der Waals surface area contributed by atoms with Crippen LogP contribution < -0.4 is 5.32 Å². The summed E-state index contributed by atoms with van der Waals surface area (Å²) >= 11 is 0. The van der Waals surface area contributed by atoms with Gasteiger partial charge in [-0.1, -0.05) is 0 Å². The number of hydrogen-bond acceptors (Lipinski definition) is 3. The molecule has 0 bridgehead atoms. The molecular formula is C15H17FN6O. The number of nitrogens with one attached hydrogen (secondary N) is 3. The van der Waals surface area contributed by atoms with E-state index in [-0.39, 0.29) is 11.8 Å². The number of aromatic nitrogens is 4. The Morgan fingerprint density at radius 3 is 2.96 bits per heavy atom. The third-order valence-electron chi connectivity index (χ3n) is 3.70. The maximum atomic E-state index is 13.6. The van der Waals surface area contributed by atoms with E-state index in [2.05, 4.69) is 25.5 Å². The first kappa shape index (κ1) is 15.0. The van der Waals surface area contributed by atoms with Crippen LogP contribution in [-0.4, -0.2) is 44.7 Å². The van der Waals surface area contributed by atoms with Gasteiger partial charge in [-0.3, -0.25) is 5.10 Å². The smallest absolute Gasteiger partial charge is 0.321 e. The zero-order chi connectivity index (χ0) is 16.6. The number of fused-ring (bicyclic) bond motifs is 1. The van der Waals surface area contributed by atoms with Gasteiger partial charge in [-0.05, 0) is 25.5 Å². The van der Waals surface area contributed by atoms with Crippen molar-refractivity contribution < 1.29 is 9.18 Å². The fourth-order valence-corrected chi connectivity index (χ4v) is 2.17. The Balaban J connectivity index is 1.97. The molecule has 2 amide bonds. The zero-order valence-corrected chi connectivity index (χ0v) is 13.1. The van der Waals surface area contributed by atoms with Crippen LogP contribution in [0.3, 0.4) is 0 Å². The molecule has 3 rings (SSSR count). The normalized spacial score (nSPS) is 11.0.